The molecule has 18 heavy (non-hydrogen) atoms. The number of aromatic nitrogens is 2. The molecule has 3 rings (SSSR count). The van der Waals surface area contributed by atoms with E-state index in [1.807, 2.05) is 12.1 Å². The van der Waals surface area contributed by atoms with E-state index in [0.717, 1.165) is 17.6 Å². The second-order valence-corrected chi connectivity index (χ2v) is 5.57. The molecular weight excluding hydrogens is 296 g/mol. The Bertz CT molecular complexity index is 630. The lowest BCUT2D eigenvalue weighted by Crippen LogP contribution is -2.48. The largest absolute Gasteiger partial charge is 0.383 e. The lowest BCUT2D eigenvalue weighted by atomic mass is 10.0. The van der Waals surface area contributed by atoms with Crippen LogP contribution in [0.1, 0.15) is 17.4 Å². The molecule has 6 heteroatoms. The molecule has 5 nitrogen and oxygen atoms in total. The molecule has 0 bridgehead atoms. The van der Waals surface area contributed by atoms with E-state index < -0.39 is 0 Å². The van der Waals surface area contributed by atoms with Crippen molar-refractivity contribution in [2.45, 2.75) is 6.92 Å². The fourth-order valence-electron chi connectivity index (χ4n) is 2.22. The van der Waals surface area contributed by atoms with Crippen molar-refractivity contribution in [1.82, 2.24) is 14.3 Å². The van der Waals surface area contributed by atoms with Gasteiger partial charge in [-0.2, -0.15) is 0 Å². The predicted molar refractivity (Wildman–Crippen MR) is 72.4 cm³/mol. The number of rotatable bonds is 1. The summed E-state index contributed by atoms with van der Waals surface area (Å²) in [6.07, 6.45) is 1.80. The van der Waals surface area contributed by atoms with Crippen molar-refractivity contribution in [3.8, 4) is 0 Å². The Balaban J connectivity index is 2.05. The van der Waals surface area contributed by atoms with Gasteiger partial charge in [-0.05, 0) is 34.0 Å². The Kier molecular flexibility index (Phi) is 2.55. The zero-order valence-electron chi connectivity index (χ0n) is 9.93. The number of pyridine rings is 1. The molecule has 0 aliphatic carbocycles. The van der Waals surface area contributed by atoms with E-state index >= 15 is 0 Å². The number of anilines is 1. The number of nitrogens with two attached hydrogens (primary N) is 1. The van der Waals surface area contributed by atoms with Crippen molar-refractivity contribution in [3.63, 3.8) is 0 Å². The molecule has 0 unspecified atom stereocenters. The highest BCUT2D eigenvalue weighted by Crippen LogP contribution is 2.25. The molecule has 1 aliphatic rings. The van der Waals surface area contributed by atoms with Gasteiger partial charge in [-0.1, -0.05) is 6.92 Å². The van der Waals surface area contributed by atoms with Crippen LogP contribution in [0.2, 0.25) is 0 Å². The maximum atomic E-state index is 12.2. The Hall–Kier alpha value is -1.56. The third-order valence-corrected chi connectivity index (χ3v) is 3.81. The second-order valence-electron chi connectivity index (χ2n) is 4.71. The fourth-order valence-corrected chi connectivity index (χ4v) is 2.66. The van der Waals surface area contributed by atoms with Crippen molar-refractivity contribution < 1.29 is 4.79 Å². The standard InChI is InChI=1S/C12H13BrN4O/c1-7-5-16(6-7)12(18)9-10(14)17-4-2-3-8(13)11(17)15-9/h2-4,7H,5-6,14H2,1H3. The van der Waals surface area contributed by atoms with Gasteiger partial charge < -0.3 is 10.6 Å². The first kappa shape index (κ1) is 11.5. The summed E-state index contributed by atoms with van der Waals surface area (Å²) in [5.74, 6) is 0.885. The van der Waals surface area contributed by atoms with E-state index in [2.05, 4.69) is 27.8 Å². The third kappa shape index (κ3) is 1.59. The number of likely N-dealkylation sites (tertiary alicyclic amines) is 1. The summed E-state index contributed by atoms with van der Waals surface area (Å²) in [6.45, 7) is 3.69. The summed E-state index contributed by atoms with van der Waals surface area (Å²) in [5, 5.41) is 0. The average Bonchev–Trinajstić information content (AvgIpc) is 2.64. The molecule has 1 amide bonds. The number of hydrogen-bond acceptors (Lipinski definition) is 3. The van der Waals surface area contributed by atoms with Crippen molar-refractivity contribution >= 4 is 33.3 Å². The van der Waals surface area contributed by atoms with Gasteiger partial charge >= 0.3 is 0 Å². The molecule has 0 spiro atoms. The van der Waals surface area contributed by atoms with E-state index in [9.17, 15) is 4.79 Å². The number of nitrogens with zero attached hydrogens (tertiary/aromatic N) is 3. The molecule has 94 valence electrons. The molecule has 1 fully saturated rings. The first-order valence-corrected chi connectivity index (χ1v) is 6.58. The van der Waals surface area contributed by atoms with Gasteiger partial charge in [0.1, 0.15) is 5.82 Å². The van der Waals surface area contributed by atoms with Crippen LogP contribution in [-0.2, 0) is 0 Å². The molecule has 0 atom stereocenters. The number of carbonyl (C=O) groups is 1. The Labute approximate surface area is 113 Å². The molecule has 0 radical (unpaired) electrons. The van der Waals surface area contributed by atoms with E-state index in [-0.39, 0.29) is 5.91 Å². The van der Waals surface area contributed by atoms with Crippen LogP contribution in [0.15, 0.2) is 22.8 Å². The first-order valence-electron chi connectivity index (χ1n) is 5.79. The smallest absolute Gasteiger partial charge is 0.276 e. The number of imidazole rings is 1. The first-order chi connectivity index (χ1) is 8.58. The molecule has 2 N–H and O–H groups in total. The van der Waals surface area contributed by atoms with Gasteiger partial charge in [0.05, 0.1) is 4.47 Å². The van der Waals surface area contributed by atoms with Crippen molar-refractivity contribution in [2.24, 2.45) is 5.92 Å². The van der Waals surface area contributed by atoms with Gasteiger partial charge in [0.2, 0.25) is 0 Å². The predicted octanol–water partition coefficient (Wildman–Crippen LogP) is 1.77. The number of halogens is 1. The SMILES string of the molecule is CC1CN(C(=O)c2nc3c(Br)cccn3c2N)C1. The van der Waals surface area contributed by atoms with Gasteiger partial charge in [-0.3, -0.25) is 9.20 Å². The maximum absolute atomic E-state index is 12.2. The van der Waals surface area contributed by atoms with Crippen LogP contribution in [0.3, 0.4) is 0 Å². The highest BCUT2D eigenvalue weighted by Gasteiger charge is 2.31. The molecule has 1 saturated heterocycles. The molecule has 3 heterocycles. The molecular formula is C12H13BrN4O. The lowest BCUT2D eigenvalue weighted by Gasteiger charge is -2.36. The Morgan fingerprint density at radius 1 is 1.56 bits per heavy atom. The van der Waals surface area contributed by atoms with Gasteiger partial charge in [0, 0.05) is 19.3 Å². The Morgan fingerprint density at radius 3 is 2.89 bits per heavy atom. The third-order valence-electron chi connectivity index (χ3n) is 3.19. The minimum absolute atomic E-state index is 0.0822. The normalized spacial score (nSPS) is 16.0. The van der Waals surface area contributed by atoms with Crippen molar-refractivity contribution in [2.75, 3.05) is 18.8 Å². The van der Waals surface area contributed by atoms with Gasteiger partial charge in [-0.25, -0.2) is 4.98 Å². The van der Waals surface area contributed by atoms with Crippen LogP contribution in [0.5, 0.6) is 0 Å². The van der Waals surface area contributed by atoms with Crippen LogP contribution in [0.4, 0.5) is 5.82 Å². The molecule has 1 aliphatic heterocycles. The summed E-state index contributed by atoms with van der Waals surface area (Å²) < 4.78 is 2.55. The van der Waals surface area contributed by atoms with Crippen LogP contribution in [0.25, 0.3) is 5.65 Å². The molecule has 0 saturated carbocycles. The van der Waals surface area contributed by atoms with Crippen molar-refractivity contribution in [3.05, 3.63) is 28.5 Å². The number of nitrogen functional groups attached to an aromatic ring is 1. The zero-order chi connectivity index (χ0) is 12.9. The number of fused-ring (bicyclic) bond motifs is 1. The lowest BCUT2D eigenvalue weighted by molar-refractivity contribution is 0.0526. The topological polar surface area (TPSA) is 63.6 Å². The van der Waals surface area contributed by atoms with E-state index in [1.54, 1.807) is 15.5 Å². The van der Waals surface area contributed by atoms with E-state index in [0.29, 0.717) is 23.1 Å². The van der Waals surface area contributed by atoms with Crippen molar-refractivity contribution in [1.29, 1.82) is 0 Å². The number of amides is 1. The van der Waals surface area contributed by atoms with Crippen LogP contribution >= 0.6 is 15.9 Å². The average molecular weight is 309 g/mol. The molecule has 0 aromatic carbocycles. The zero-order valence-corrected chi connectivity index (χ0v) is 11.5. The maximum Gasteiger partial charge on any atom is 0.276 e. The van der Waals surface area contributed by atoms with Gasteiger partial charge in [0.25, 0.3) is 5.91 Å². The van der Waals surface area contributed by atoms with Crippen LogP contribution in [-0.4, -0.2) is 33.3 Å². The second kappa shape index (κ2) is 3.98. The minimum atomic E-state index is -0.0822. The van der Waals surface area contributed by atoms with E-state index in [1.165, 1.54) is 0 Å². The highest BCUT2D eigenvalue weighted by atomic mass is 79.9. The van der Waals surface area contributed by atoms with Gasteiger partial charge in [-0.15, -0.1) is 0 Å². The van der Waals surface area contributed by atoms with Gasteiger partial charge in [0.15, 0.2) is 11.3 Å². The van der Waals surface area contributed by atoms with E-state index in [4.69, 9.17) is 5.73 Å². The highest BCUT2D eigenvalue weighted by molar-refractivity contribution is 9.10. The summed E-state index contributed by atoms with van der Waals surface area (Å²) in [6, 6.07) is 3.73. The minimum Gasteiger partial charge on any atom is -0.383 e. The number of carbonyl (C=O) groups excluding carboxylic acids is 1. The molecule has 2 aromatic rings. The van der Waals surface area contributed by atoms with Crippen LogP contribution in [0, 0.1) is 5.92 Å². The summed E-state index contributed by atoms with van der Waals surface area (Å²) >= 11 is 3.41. The monoisotopic (exact) mass is 308 g/mol. The fraction of sp³-hybridized carbons (Fsp3) is 0.333. The summed E-state index contributed by atoms with van der Waals surface area (Å²) in [4.78, 5) is 18.3. The summed E-state index contributed by atoms with van der Waals surface area (Å²) in [5.41, 5.74) is 7.01. The number of hydrogen-bond donors (Lipinski definition) is 1. The van der Waals surface area contributed by atoms with Crippen LogP contribution < -0.4 is 5.73 Å². The quantitative estimate of drug-likeness (QED) is 0.873. The Morgan fingerprint density at radius 2 is 2.28 bits per heavy atom. The molecule has 2 aromatic heterocycles. The summed E-state index contributed by atoms with van der Waals surface area (Å²) in [7, 11) is 0.